The third-order valence-corrected chi connectivity index (χ3v) is 7.02. The Morgan fingerprint density at radius 1 is 1.10 bits per heavy atom. The monoisotopic (exact) mass is 416 g/mol. The number of nitrogens with one attached hydrogen (secondary N) is 1. The van der Waals surface area contributed by atoms with Gasteiger partial charge in [0, 0.05) is 24.0 Å². The highest BCUT2D eigenvalue weighted by Gasteiger charge is 2.60. The van der Waals surface area contributed by atoms with Gasteiger partial charge in [-0.1, -0.05) is 48.5 Å². The van der Waals surface area contributed by atoms with Gasteiger partial charge in [-0.3, -0.25) is 14.3 Å². The second-order valence-corrected chi connectivity index (χ2v) is 8.79. The van der Waals surface area contributed by atoms with Crippen LogP contribution in [-0.4, -0.2) is 45.1 Å². The molecular weight excluding hydrogens is 388 g/mol. The fraction of sp³-hybridized carbons (Fsp3) is 0.400. The van der Waals surface area contributed by atoms with Crippen LogP contribution in [0.1, 0.15) is 31.7 Å². The van der Waals surface area contributed by atoms with E-state index in [0.717, 1.165) is 35.7 Å². The van der Waals surface area contributed by atoms with E-state index in [1.165, 1.54) is 0 Å². The van der Waals surface area contributed by atoms with E-state index in [1.54, 1.807) is 10.9 Å². The Balaban J connectivity index is 1.44. The molecule has 0 radical (unpaired) electrons. The van der Waals surface area contributed by atoms with Crippen LogP contribution in [0, 0.1) is 5.41 Å². The number of hydrogen-bond acceptors (Lipinski definition) is 3. The van der Waals surface area contributed by atoms with Gasteiger partial charge in [0.2, 0.25) is 11.8 Å². The van der Waals surface area contributed by atoms with Gasteiger partial charge >= 0.3 is 0 Å². The number of benzene rings is 2. The Hall–Kier alpha value is -3.15. The second kappa shape index (κ2) is 7.84. The molecule has 6 heteroatoms. The number of fused-ring (bicyclic) bond motifs is 3. The molecule has 160 valence electrons. The maximum atomic E-state index is 13.5. The molecule has 3 aromatic rings. The smallest absolute Gasteiger partial charge is 0.244 e. The zero-order valence-corrected chi connectivity index (χ0v) is 17.8. The molecule has 6 nitrogen and oxygen atoms in total. The van der Waals surface area contributed by atoms with Gasteiger partial charge < -0.3 is 10.2 Å². The summed E-state index contributed by atoms with van der Waals surface area (Å²) < 4.78 is 1.78. The van der Waals surface area contributed by atoms with Crippen molar-refractivity contribution in [1.29, 1.82) is 0 Å². The summed E-state index contributed by atoms with van der Waals surface area (Å²) in [5, 5.41) is 8.53. The standard InChI is InChI=1S/C25H28N4O2/c1-2-26-24(31)25(14-18-8-4-3-5-9-18)15-20-12-13-22(25)29(20)23(30)17-28-21-11-7-6-10-19(21)16-27-28/h3-11,16,20,22H,2,12-15,17H2,1H3,(H,26,31)/t20-,22+,25+/m1/s1. The van der Waals surface area contributed by atoms with Crippen LogP contribution in [0.5, 0.6) is 0 Å². The zero-order valence-electron chi connectivity index (χ0n) is 17.8. The first-order valence-electron chi connectivity index (χ1n) is 11.2. The Bertz CT molecular complexity index is 1110. The molecular formula is C25H28N4O2. The average Bonchev–Trinajstić information content (AvgIpc) is 3.47. The lowest BCUT2D eigenvalue weighted by molar-refractivity contribution is -0.137. The highest BCUT2D eigenvalue weighted by Crippen LogP contribution is 2.52. The Labute approximate surface area is 182 Å². The van der Waals surface area contributed by atoms with Gasteiger partial charge in [-0.2, -0.15) is 5.10 Å². The molecule has 3 heterocycles. The molecule has 3 atom stereocenters. The van der Waals surface area contributed by atoms with E-state index in [9.17, 15) is 9.59 Å². The van der Waals surface area contributed by atoms with Crippen LogP contribution in [-0.2, 0) is 22.6 Å². The Morgan fingerprint density at radius 2 is 1.87 bits per heavy atom. The molecule has 0 saturated carbocycles. The normalized spacial score (nSPS) is 24.6. The SMILES string of the molecule is CCNC(=O)[C@@]1(Cc2ccccc2)C[C@H]2CC[C@@H]1N2C(=O)Cn1ncc2ccccc21. The van der Waals surface area contributed by atoms with E-state index in [2.05, 4.69) is 22.5 Å². The molecule has 2 aliphatic heterocycles. The molecule has 0 spiro atoms. The lowest BCUT2D eigenvalue weighted by Gasteiger charge is -2.36. The van der Waals surface area contributed by atoms with Gasteiger partial charge in [-0.25, -0.2) is 0 Å². The van der Waals surface area contributed by atoms with E-state index in [0.29, 0.717) is 13.0 Å². The molecule has 2 aromatic carbocycles. The van der Waals surface area contributed by atoms with Crippen molar-refractivity contribution in [1.82, 2.24) is 20.0 Å². The van der Waals surface area contributed by atoms with Crippen LogP contribution in [0.4, 0.5) is 0 Å². The Kier molecular flexibility index (Phi) is 5.00. The molecule has 1 N–H and O–H groups in total. The van der Waals surface area contributed by atoms with E-state index < -0.39 is 5.41 Å². The number of hydrogen-bond donors (Lipinski definition) is 1. The molecule has 5 rings (SSSR count). The number of carbonyl (C=O) groups is 2. The average molecular weight is 417 g/mol. The van der Waals surface area contributed by atoms with Gasteiger partial charge in [-0.15, -0.1) is 0 Å². The minimum absolute atomic E-state index is 0.0561. The zero-order chi connectivity index (χ0) is 21.4. The summed E-state index contributed by atoms with van der Waals surface area (Å²) in [6, 6.07) is 18.2. The molecule has 2 aliphatic rings. The summed E-state index contributed by atoms with van der Waals surface area (Å²) in [5.74, 6) is 0.133. The minimum atomic E-state index is -0.567. The molecule has 31 heavy (non-hydrogen) atoms. The fourth-order valence-electron chi connectivity index (χ4n) is 5.73. The summed E-state index contributed by atoms with van der Waals surface area (Å²) >= 11 is 0. The topological polar surface area (TPSA) is 67.2 Å². The molecule has 2 fully saturated rings. The van der Waals surface area contributed by atoms with Crippen molar-refractivity contribution in [3.05, 3.63) is 66.4 Å². The van der Waals surface area contributed by atoms with Gasteiger partial charge in [-0.05, 0) is 44.2 Å². The van der Waals surface area contributed by atoms with E-state index >= 15 is 0 Å². The minimum Gasteiger partial charge on any atom is -0.356 e. The summed E-state index contributed by atoms with van der Waals surface area (Å²) in [4.78, 5) is 28.8. The van der Waals surface area contributed by atoms with Gasteiger partial charge in [0.25, 0.3) is 0 Å². The van der Waals surface area contributed by atoms with E-state index in [1.807, 2.05) is 54.3 Å². The molecule has 0 aliphatic carbocycles. The fourth-order valence-corrected chi connectivity index (χ4v) is 5.73. The number of nitrogens with zero attached hydrogens (tertiary/aromatic N) is 3. The highest BCUT2D eigenvalue weighted by molar-refractivity contribution is 5.88. The van der Waals surface area contributed by atoms with Crippen molar-refractivity contribution in [3.63, 3.8) is 0 Å². The summed E-state index contributed by atoms with van der Waals surface area (Å²) in [7, 11) is 0. The van der Waals surface area contributed by atoms with Crippen molar-refractivity contribution in [2.24, 2.45) is 5.41 Å². The largest absolute Gasteiger partial charge is 0.356 e. The summed E-state index contributed by atoms with van der Waals surface area (Å²) in [6.45, 7) is 2.75. The quantitative estimate of drug-likeness (QED) is 0.671. The molecule has 1 aromatic heterocycles. The van der Waals surface area contributed by atoms with Crippen LogP contribution < -0.4 is 5.32 Å². The Morgan fingerprint density at radius 3 is 2.68 bits per heavy atom. The predicted octanol–water partition coefficient (Wildman–Crippen LogP) is 3.16. The third-order valence-electron chi connectivity index (χ3n) is 7.02. The molecule has 2 amide bonds. The lowest BCUT2D eigenvalue weighted by atomic mass is 9.69. The van der Waals surface area contributed by atoms with Gasteiger partial charge in [0.1, 0.15) is 6.54 Å². The first kappa shape index (κ1) is 19.8. The van der Waals surface area contributed by atoms with Crippen LogP contribution >= 0.6 is 0 Å². The second-order valence-electron chi connectivity index (χ2n) is 8.79. The molecule has 0 unspecified atom stereocenters. The summed E-state index contributed by atoms with van der Waals surface area (Å²) in [5.41, 5.74) is 1.54. The van der Waals surface area contributed by atoms with Crippen molar-refractivity contribution in [2.75, 3.05) is 6.54 Å². The number of carbonyl (C=O) groups excluding carboxylic acids is 2. The molecule has 2 saturated heterocycles. The molecule has 2 bridgehead atoms. The summed E-state index contributed by atoms with van der Waals surface area (Å²) in [6.07, 6.45) is 5.03. The first-order chi connectivity index (χ1) is 15.1. The highest BCUT2D eigenvalue weighted by atomic mass is 16.2. The van der Waals surface area contributed by atoms with Crippen molar-refractivity contribution < 1.29 is 9.59 Å². The van der Waals surface area contributed by atoms with Crippen LogP contribution in [0.25, 0.3) is 10.9 Å². The lowest BCUT2D eigenvalue weighted by Crippen LogP contribution is -2.51. The number of amides is 2. The van der Waals surface area contributed by atoms with Crippen LogP contribution in [0.2, 0.25) is 0 Å². The predicted molar refractivity (Wildman–Crippen MR) is 119 cm³/mol. The van der Waals surface area contributed by atoms with Gasteiger partial charge in [0.15, 0.2) is 0 Å². The van der Waals surface area contributed by atoms with Crippen LogP contribution in [0.3, 0.4) is 0 Å². The maximum Gasteiger partial charge on any atom is 0.244 e. The van der Waals surface area contributed by atoms with Crippen molar-refractivity contribution in [2.45, 2.75) is 51.2 Å². The van der Waals surface area contributed by atoms with Gasteiger partial charge in [0.05, 0.1) is 17.1 Å². The van der Waals surface area contributed by atoms with E-state index in [-0.39, 0.29) is 30.4 Å². The maximum absolute atomic E-state index is 13.5. The first-order valence-corrected chi connectivity index (χ1v) is 11.2. The van der Waals surface area contributed by atoms with E-state index in [4.69, 9.17) is 0 Å². The van der Waals surface area contributed by atoms with Crippen molar-refractivity contribution in [3.8, 4) is 0 Å². The van der Waals surface area contributed by atoms with Crippen molar-refractivity contribution >= 4 is 22.7 Å². The van der Waals surface area contributed by atoms with Crippen LogP contribution in [0.15, 0.2) is 60.8 Å². The number of para-hydroxylation sites is 1. The third kappa shape index (κ3) is 3.30. The number of rotatable bonds is 6. The number of aromatic nitrogens is 2.